The predicted octanol–water partition coefficient (Wildman–Crippen LogP) is 4.51. The van der Waals surface area contributed by atoms with Crippen LogP contribution in [-0.2, 0) is 4.74 Å². The second-order valence-electron chi connectivity index (χ2n) is 7.02. The molecular formula is C18H28N2O2S. The van der Waals surface area contributed by atoms with Gasteiger partial charge < -0.3 is 15.4 Å². The summed E-state index contributed by atoms with van der Waals surface area (Å²) in [6.45, 7) is 6.30. The highest BCUT2D eigenvalue weighted by molar-refractivity contribution is 7.98. The molecule has 5 heteroatoms. The van der Waals surface area contributed by atoms with E-state index in [0.29, 0.717) is 18.5 Å². The minimum Gasteiger partial charge on any atom is -0.444 e. The summed E-state index contributed by atoms with van der Waals surface area (Å²) < 4.78 is 5.31. The Labute approximate surface area is 143 Å². The van der Waals surface area contributed by atoms with Crippen molar-refractivity contribution in [2.75, 3.05) is 18.1 Å². The van der Waals surface area contributed by atoms with Crippen LogP contribution in [0.15, 0.2) is 29.2 Å². The molecule has 0 radical (unpaired) electrons. The Hall–Kier alpha value is -1.36. The molecule has 1 aromatic carbocycles. The number of alkyl carbamates (subject to hydrolysis) is 1. The summed E-state index contributed by atoms with van der Waals surface area (Å²) in [6, 6.07) is 8.79. The van der Waals surface area contributed by atoms with Crippen LogP contribution in [0.2, 0.25) is 0 Å². The van der Waals surface area contributed by atoms with E-state index in [1.165, 1.54) is 17.0 Å². The number of hydrogen-bond acceptors (Lipinski definition) is 4. The number of carbonyl (C=O) groups is 1. The first kappa shape index (κ1) is 18.0. The van der Waals surface area contributed by atoms with E-state index < -0.39 is 5.60 Å². The third-order valence-corrected chi connectivity index (χ3v) is 4.81. The van der Waals surface area contributed by atoms with Crippen molar-refractivity contribution in [1.82, 2.24) is 5.32 Å². The van der Waals surface area contributed by atoms with Gasteiger partial charge in [0, 0.05) is 23.2 Å². The van der Waals surface area contributed by atoms with Gasteiger partial charge in [0.15, 0.2) is 0 Å². The highest BCUT2D eigenvalue weighted by atomic mass is 32.2. The minimum absolute atomic E-state index is 0.326. The lowest BCUT2D eigenvalue weighted by molar-refractivity contribution is 0.0519. The summed E-state index contributed by atoms with van der Waals surface area (Å²) in [4.78, 5) is 13.1. The van der Waals surface area contributed by atoms with Gasteiger partial charge in [0.25, 0.3) is 0 Å². The van der Waals surface area contributed by atoms with Crippen LogP contribution in [0, 0.1) is 5.92 Å². The molecule has 1 saturated carbocycles. The van der Waals surface area contributed by atoms with Gasteiger partial charge >= 0.3 is 6.09 Å². The van der Waals surface area contributed by atoms with Gasteiger partial charge in [-0.3, -0.25) is 0 Å². The first-order valence-electron chi connectivity index (χ1n) is 8.25. The van der Waals surface area contributed by atoms with Crippen molar-refractivity contribution >= 4 is 23.5 Å². The van der Waals surface area contributed by atoms with E-state index in [0.717, 1.165) is 12.8 Å². The zero-order valence-corrected chi connectivity index (χ0v) is 15.3. The fourth-order valence-corrected chi connectivity index (χ4v) is 3.52. The van der Waals surface area contributed by atoms with Crippen molar-refractivity contribution in [3.63, 3.8) is 0 Å². The SMILES string of the molecule is CSc1ccccc1NC1CCCC1CNC(=O)OC(C)(C)C. The number of nitrogens with one attached hydrogen (secondary N) is 2. The molecule has 2 atom stereocenters. The number of rotatable bonds is 5. The number of thioether (sulfide) groups is 1. The van der Waals surface area contributed by atoms with E-state index in [-0.39, 0.29) is 6.09 Å². The van der Waals surface area contributed by atoms with Crippen molar-refractivity contribution in [2.45, 2.75) is 56.6 Å². The molecule has 23 heavy (non-hydrogen) atoms. The number of carbonyl (C=O) groups excluding carboxylic acids is 1. The van der Waals surface area contributed by atoms with Gasteiger partial charge in [-0.15, -0.1) is 11.8 Å². The van der Waals surface area contributed by atoms with E-state index in [1.54, 1.807) is 11.8 Å². The number of anilines is 1. The predicted molar refractivity (Wildman–Crippen MR) is 97.2 cm³/mol. The molecule has 4 nitrogen and oxygen atoms in total. The number of hydrogen-bond donors (Lipinski definition) is 2. The molecule has 0 spiro atoms. The van der Waals surface area contributed by atoms with Gasteiger partial charge in [-0.05, 0) is 57.9 Å². The number of amides is 1. The highest BCUT2D eigenvalue weighted by Crippen LogP contribution is 2.32. The second-order valence-corrected chi connectivity index (χ2v) is 7.87. The molecular weight excluding hydrogens is 308 g/mol. The molecule has 2 unspecified atom stereocenters. The average molecular weight is 337 g/mol. The number of benzene rings is 1. The summed E-state index contributed by atoms with van der Waals surface area (Å²) >= 11 is 1.75. The summed E-state index contributed by atoms with van der Waals surface area (Å²) in [7, 11) is 0. The second kappa shape index (κ2) is 7.95. The molecule has 128 valence electrons. The fourth-order valence-electron chi connectivity index (χ4n) is 2.96. The summed E-state index contributed by atoms with van der Waals surface area (Å²) in [5.74, 6) is 0.442. The monoisotopic (exact) mass is 336 g/mol. The van der Waals surface area contributed by atoms with Crippen LogP contribution in [0.25, 0.3) is 0 Å². The summed E-state index contributed by atoms with van der Waals surface area (Å²) in [5, 5.41) is 6.59. The Bertz CT molecular complexity index is 528. The number of ether oxygens (including phenoxy) is 1. The van der Waals surface area contributed by atoms with E-state index in [9.17, 15) is 4.79 Å². The van der Waals surface area contributed by atoms with Crippen molar-refractivity contribution in [3.05, 3.63) is 24.3 Å². The lowest BCUT2D eigenvalue weighted by Gasteiger charge is -2.25. The van der Waals surface area contributed by atoms with Crippen LogP contribution in [-0.4, -0.2) is 30.5 Å². The minimum atomic E-state index is -0.450. The molecule has 0 heterocycles. The lowest BCUT2D eigenvalue weighted by atomic mass is 10.0. The van der Waals surface area contributed by atoms with E-state index >= 15 is 0 Å². The maximum Gasteiger partial charge on any atom is 0.407 e. The van der Waals surface area contributed by atoms with Gasteiger partial charge in [-0.25, -0.2) is 4.79 Å². The Balaban J connectivity index is 1.89. The van der Waals surface area contributed by atoms with Crippen LogP contribution >= 0.6 is 11.8 Å². The quantitative estimate of drug-likeness (QED) is 0.777. The maximum absolute atomic E-state index is 11.8. The fraction of sp³-hybridized carbons (Fsp3) is 0.611. The molecule has 0 aromatic heterocycles. The first-order chi connectivity index (χ1) is 10.9. The molecule has 2 rings (SSSR count). The standard InChI is InChI=1S/C18H28N2O2S/c1-18(2,3)22-17(21)19-12-13-8-7-10-14(13)20-15-9-5-6-11-16(15)23-4/h5-6,9,11,13-14,20H,7-8,10,12H2,1-4H3,(H,19,21). The topological polar surface area (TPSA) is 50.4 Å². The van der Waals surface area contributed by atoms with Crippen molar-refractivity contribution in [2.24, 2.45) is 5.92 Å². The molecule has 1 aromatic rings. The van der Waals surface area contributed by atoms with Crippen LogP contribution in [0.1, 0.15) is 40.0 Å². The molecule has 1 aliphatic carbocycles. The van der Waals surface area contributed by atoms with E-state index in [1.807, 2.05) is 20.8 Å². The largest absolute Gasteiger partial charge is 0.444 e. The van der Waals surface area contributed by atoms with Gasteiger partial charge in [0.1, 0.15) is 5.60 Å². The van der Waals surface area contributed by atoms with Crippen LogP contribution < -0.4 is 10.6 Å². The van der Waals surface area contributed by atoms with Crippen molar-refractivity contribution in [3.8, 4) is 0 Å². The normalized spacial score (nSPS) is 21.0. The Kier molecular flexibility index (Phi) is 6.22. The average Bonchev–Trinajstić information content (AvgIpc) is 2.91. The van der Waals surface area contributed by atoms with Crippen LogP contribution in [0.5, 0.6) is 0 Å². The number of para-hydroxylation sites is 1. The molecule has 2 N–H and O–H groups in total. The molecule has 0 aliphatic heterocycles. The Morgan fingerprint density at radius 2 is 2.04 bits per heavy atom. The molecule has 1 aliphatic rings. The molecule has 0 bridgehead atoms. The molecule has 1 amide bonds. The zero-order chi connectivity index (χ0) is 16.9. The highest BCUT2D eigenvalue weighted by Gasteiger charge is 2.28. The third-order valence-electron chi connectivity index (χ3n) is 4.01. The van der Waals surface area contributed by atoms with E-state index in [2.05, 4.69) is 41.2 Å². The summed E-state index contributed by atoms with van der Waals surface area (Å²) in [5.41, 5.74) is 0.739. The third kappa shape index (κ3) is 5.65. The molecule has 0 saturated heterocycles. The van der Waals surface area contributed by atoms with Crippen LogP contribution in [0.4, 0.5) is 10.5 Å². The van der Waals surface area contributed by atoms with Gasteiger partial charge in [0.05, 0.1) is 0 Å². The zero-order valence-electron chi connectivity index (χ0n) is 14.5. The smallest absolute Gasteiger partial charge is 0.407 e. The van der Waals surface area contributed by atoms with Gasteiger partial charge in [-0.1, -0.05) is 18.6 Å². The van der Waals surface area contributed by atoms with Gasteiger partial charge in [0.2, 0.25) is 0 Å². The first-order valence-corrected chi connectivity index (χ1v) is 9.48. The van der Waals surface area contributed by atoms with Gasteiger partial charge in [-0.2, -0.15) is 0 Å². The van der Waals surface area contributed by atoms with Crippen LogP contribution in [0.3, 0.4) is 0 Å². The van der Waals surface area contributed by atoms with Crippen molar-refractivity contribution < 1.29 is 9.53 Å². The maximum atomic E-state index is 11.8. The lowest BCUT2D eigenvalue weighted by Crippen LogP contribution is -2.38. The van der Waals surface area contributed by atoms with E-state index in [4.69, 9.17) is 4.74 Å². The summed E-state index contributed by atoms with van der Waals surface area (Å²) in [6.07, 6.45) is 5.24. The molecule has 1 fully saturated rings. The Morgan fingerprint density at radius 1 is 1.30 bits per heavy atom. The Morgan fingerprint density at radius 3 is 2.74 bits per heavy atom. The van der Waals surface area contributed by atoms with Crippen molar-refractivity contribution in [1.29, 1.82) is 0 Å².